The molecule has 110 valence electrons. The fourth-order valence-electron chi connectivity index (χ4n) is 2.18. The lowest BCUT2D eigenvalue weighted by molar-refractivity contribution is -0.158. The Balaban J connectivity index is 3.47. The summed E-state index contributed by atoms with van der Waals surface area (Å²) in [7, 11) is 0. The topological polar surface area (TPSA) is 57.6 Å². The molecular weight excluding hydrogens is 285 g/mol. The summed E-state index contributed by atoms with van der Waals surface area (Å²) in [5.74, 6) is -2.15. The van der Waals surface area contributed by atoms with Crippen LogP contribution < -0.4 is 0 Å². The predicted molar refractivity (Wildman–Crippen MR) is 74.1 cm³/mol. The standard InChI is InChI=1S/C14H17ClFNO3/c1-4-7-17(9(2)18)14(3,13(19)20)11-6-5-10(16)8-12(11)15/h5-6,8H,4,7H2,1-3H3,(H,19,20). The smallest absolute Gasteiger partial charge is 0.334 e. The Morgan fingerprint density at radius 1 is 1.45 bits per heavy atom. The second-order valence-corrected chi connectivity index (χ2v) is 5.08. The van der Waals surface area contributed by atoms with E-state index in [1.54, 1.807) is 0 Å². The molecule has 0 saturated heterocycles. The number of hydrogen-bond donors (Lipinski definition) is 1. The summed E-state index contributed by atoms with van der Waals surface area (Å²) in [5, 5.41) is 9.56. The fourth-order valence-corrected chi connectivity index (χ4v) is 2.53. The van der Waals surface area contributed by atoms with Crippen molar-refractivity contribution >= 4 is 23.5 Å². The molecule has 4 nitrogen and oxygen atoms in total. The molecule has 1 rings (SSSR count). The summed E-state index contributed by atoms with van der Waals surface area (Å²) in [6.45, 7) is 4.80. The lowest BCUT2D eigenvalue weighted by Crippen LogP contribution is -2.52. The maximum atomic E-state index is 13.1. The molecule has 0 aromatic heterocycles. The average molecular weight is 302 g/mol. The highest BCUT2D eigenvalue weighted by molar-refractivity contribution is 6.31. The maximum absolute atomic E-state index is 13.1. The van der Waals surface area contributed by atoms with Gasteiger partial charge in [0.1, 0.15) is 5.82 Å². The predicted octanol–water partition coefficient (Wildman–Crippen LogP) is 3.04. The lowest BCUT2D eigenvalue weighted by atomic mass is 9.89. The molecule has 0 aliphatic heterocycles. The summed E-state index contributed by atoms with van der Waals surface area (Å²) in [5.41, 5.74) is -1.44. The minimum atomic E-state index is -1.63. The van der Waals surface area contributed by atoms with Crippen molar-refractivity contribution in [2.24, 2.45) is 0 Å². The van der Waals surface area contributed by atoms with Crippen molar-refractivity contribution < 1.29 is 19.1 Å². The fraction of sp³-hybridized carbons (Fsp3) is 0.429. The van der Waals surface area contributed by atoms with Crippen LogP contribution in [0, 0.1) is 5.82 Å². The van der Waals surface area contributed by atoms with Gasteiger partial charge in [0.05, 0.1) is 0 Å². The van der Waals surface area contributed by atoms with Crippen LogP contribution in [0.2, 0.25) is 5.02 Å². The lowest BCUT2D eigenvalue weighted by Gasteiger charge is -2.38. The second-order valence-electron chi connectivity index (χ2n) is 4.67. The number of nitrogens with zero attached hydrogens (tertiary/aromatic N) is 1. The largest absolute Gasteiger partial charge is 0.479 e. The first-order valence-corrected chi connectivity index (χ1v) is 6.60. The van der Waals surface area contributed by atoms with E-state index in [0.717, 1.165) is 12.1 Å². The number of carboxylic acid groups (broad SMARTS) is 1. The first-order chi connectivity index (χ1) is 9.25. The van der Waals surface area contributed by atoms with Gasteiger partial charge < -0.3 is 10.0 Å². The van der Waals surface area contributed by atoms with Gasteiger partial charge in [-0.25, -0.2) is 9.18 Å². The van der Waals surface area contributed by atoms with Crippen LogP contribution in [0.5, 0.6) is 0 Å². The van der Waals surface area contributed by atoms with Crippen molar-refractivity contribution in [3.8, 4) is 0 Å². The molecular formula is C14H17ClFNO3. The highest BCUT2D eigenvalue weighted by Crippen LogP contribution is 2.34. The number of carbonyl (C=O) groups is 2. The molecule has 1 aromatic carbocycles. The van der Waals surface area contributed by atoms with Crippen LogP contribution in [0.4, 0.5) is 4.39 Å². The molecule has 1 amide bonds. The third kappa shape index (κ3) is 2.93. The normalized spacial score (nSPS) is 13.7. The first-order valence-electron chi connectivity index (χ1n) is 6.22. The zero-order valence-corrected chi connectivity index (χ0v) is 12.4. The van der Waals surface area contributed by atoms with E-state index < -0.39 is 17.3 Å². The van der Waals surface area contributed by atoms with Crippen molar-refractivity contribution in [2.75, 3.05) is 6.54 Å². The summed E-state index contributed by atoms with van der Waals surface area (Å²) < 4.78 is 13.1. The number of carbonyl (C=O) groups excluding carboxylic acids is 1. The maximum Gasteiger partial charge on any atom is 0.334 e. The highest BCUT2D eigenvalue weighted by Gasteiger charge is 2.44. The Labute approximate surface area is 122 Å². The van der Waals surface area contributed by atoms with Gasteiger partial charge >= 0.3 is 5.97 Å². The minimum absolute atomic E-state index is 0.0164. The zero-order chi connectivity index (χ0) is 15.5. The molecule has 0 spiro atoms. The molecule has 0 aliphatic rings. The molecule has 1 unspecified atom stereocenters. The Morgan fingerprint density at radius 2 is 2.05 bits per heavy atom. The van der Waals surface area contributed by atoms with Crippen molar-refractivity contribution in [1.29, 1.82) is 0 Å². The SMILES string of the molecule is CCCN(C(C)=O)C(C)(C(=O)O)c1ccc(F)cc1Cl. The van der Waals surface area contributed by atoms with Crippen molar-refractivity contribution in [1.82, 2.24) is 4.90 Å². The van der Waals surface area contributed by atoms with E-state index in [2.05, 4.69) is 0 Å². The van der Waals surface area contributed by atoms with E-state index in [4.69, 9.17) is 11.6 Å². The van der Waals surface area contributed by atoms with Gasteiger partial charge in [0, 0.05) is 24.1 Å². The second kappa shape index (κ2) is 6.22. The zero-order valence-electron chi connectivity index (χ0n) is 11.6. The number of amides is 1. The summed E-state index contributed by atoms with van der Waals surface area (Å²) in [6.07, 6.45) is 0.598. The van der Waals surface area contributed by atoms with Gasteiger partial charge in [0.2, 0.25) is 5.91 Å². The van der Waals surface area contributed by atoms with Crippen molar-refractivity contribution in [3.63, 3.8) is 0 Å². The average Bonchev–Trinajstić information content (AvgIpc) is 2.34. The molecule has 0 fully saturated rings. The van der Waals surface area contributed by atoms with E-state index in [-0.39, 0.29) is 23.0 Å². The van der Waals surface area contributed by atoms with Crippen LogP contribution in [0.15, 0.2) is 18.2 Å². The molecule has 0 bridgehead atoms. The molecule has 1 atom stereocenters. The number of aliphatic carboxylic acids is 1. The Morgan fingerprint density at radius 3 is 2.45 bits per heavy atom. The molecule has 0 aliphatic carbocycles. The monoisotopic (exact) mass is 301 g/mol. The Bertz CT molecular complexity index is 535. The van der Waals surface area contributed by atoms with Crippen molar-refractivity contribution in [2.45, 2.75) is 32.7 Å². The van der Waals surface area contributed by atoms with Gasteiger partial charge in [-0.3, -0.25) is 4.79 Å². The number of benzene rings is 1. The van der Waals surface area contributed by atoms with E-state index in [1.165, 1.54) is 24.8 Å². The van der Waals surface area contributed by atoms with Gasteiger partial charge in [0.25, 0.3) is 0 Å². The highest BCUT2D eigenvalue weighted by atomic mass is 35.5. The van der Waals surface area contributed by atoms with Gasteiger partial charge in [-0.15, -0.1) is 0 Å². The first kappa shape index (κ1) is 16.4. The molecule has 0 radical (unpaired) electrons. The van der Waals surface area contributed by atoms with Crippen LogP contribution in [0.25, 0.3) is 0 Å². The van der Waals surface area contributed by atoms with E-state index >= 15 is 0 Å². The van der Waals surface area contributed by atoms with Crippen LogP contribution in [0.3, 0.4) is 0 Å². The van der Waals surface area contributed by atoms with Gasteiger partial charge in [-0.2, -0.15) is 0 Å². The van der Waals surface area contributed by atoms with Crippen LogP contribution in [0.1, 0.15) is 32.8 Å². The number of rotatable bonds is 5. The van der Waals surface area contributed by atoms with E-state index in [9.17, 15) is 19.1 Å². The van der Waals surface area contributed by atoms with Gasteiger partial charge in [0.15, 0.2) is 5.54 Å². The molecule has 1 N–H and O–H groups in total. The van der Waals surface area contributed by atoms with Crippen LogP contribution in [-0.4, -0.2) is 28.4 Å². The summed E-state index contributed by atoms with van der Waals surface area (Å²) in [4.78, 5) is 24.7. The number of carboxylic acids is 1. The van der Waals surface area contributed by atoms with Gasteiger partial charge in [-0.05, 0) is 25.5 Å². The molecule has 6 heteroatoms. The number of halogens is 2. The molecule has 1 aromatic rings. The van der Waals surface area contributed by atoms with E-state index in [0.29, 0.717) is 6.42 Å². The van der Waals surface area contributed by atoms with Gasteiger partial charge in [-0.1, -0.05) is 24.6 Å². The molecule has 20 heavy (non-hydrogen) atoms. The third-order valence-corrected chi connectivity index (χ3v) is 3.55. The van der Waals surface area contributed by atoms with Crippen molar-refractivity contribution in [3.05, 3.63) is 34.6 Å². The van der Waals surface area contributed by atoms with Crippen LogP contribution in [-0.2, 0) is 15.1 Å². The quantitative estimate of drug-likeness (QED) is 0.909. The third-order valence-electron chi connectivity index (χ3n) is 3.24. The Kier molecular flexibility index (Phi) is 5.11. The van der Waals surface area contributed by atoms with Crippen LogP contribution >= 0.6 is 11.6 Å². The minimum Gasteiger partial charge on any atom is -0.479 e. The Hall–Kier alpha value is -1.62. The molecule has 0 heterocycles. The summed E-state index contributed by atoms with van der Waals surface area (Å²) in [6, 6.07) is 3.48. The molecule has 0 saturated carbocycles. The number of hydrogen-bond acceptors (Lipinski definition) is 2. The summed E-state index contributed by atoms with van der Waals surface area (Å²) >= 11 is 5.97. The van der Waals surface area contributed by atoms with E-state index in [1.807, 2.05) is 6.92 Å².